The topological polar surface area (TPSA) is 67.2 Å². The Balaban J connectivity index is 2.04. The van der Waals surface area contributed by atoms with Gasteiger partial charge in [0.15, 0.2) is 11.6 Å². The minimum Gasteiger partial charge on any atom is -0.335 e. The van der Waals surface area contributed by atoms with Gasteiger partial charge < -0.3 is 10.2 Å². The molecule has 0 spiro atoms. The lowest BCUT2D eigenvalue weighted by Crippen LogP contribution is -2.46. The molecule has 8 heteroatoms. The van der Waals surface area contributed by atoms with Crippen LogP contribution in [0.3, 0.4) is 0 Å². The van der Waals surface area contributed by atoms with Crippen LogP contribution in [0.1, 0.15) is 58.2 Å². The summed E-state index contributed by atoms with van der Waals surface area (Å²) in [6.45, 7) is 6.27. The molecule has 1 aliphatic rings. The van der Waals surface area contributed by atoms with E-state index in [2.05, 4.69) is 10.4 Å². The van der Waals surface area contributed by atoms with Gasteiger partial charge in [-0.15, -0.1) is 0 Å². The normalized spacial score (nSPS) is 15.8. The summed E-state index contributed by atoms with van der Waals surface area (Å²) in [6.07, 6.45) is 4.12. The molecule has 29 heavy (non-hydrogen) atoms. The van der Waals surface area contributed by atoms with Gasteiger partial charge in [0.2, 0.25) is 0 Å². The lowest BCUT2D eigenvalue weighted by molar-refractivity contribution is 0.165. The Morgan fingerprint density at radius 2 is 1.79 bits per heavy atom. The summed E-state index contributed by atoms with van der Waals surface area (Å²) in [6, 6.07) is 1.31. The van der Waals surface area contributed by atoms with Gasteiger partial charge in [-0.3, -0.25) is 4.79 Å². The molecule has 1 saturated carbocycles. The van der Waals surface area contributed by atoms with Crippen LogP contribution in [0, 0.1) is 17.6 Å². The average Bonchev–Trinajstić information content (AvgIpc) is 3.16. The standard InChI is InChI=1S/C21H28F2N4O2/c1-12(2)11-27(21(29)24-14-7-5-6-8-14)13(3)19-15-9-17(22)18(23)10-16(15)20(28)26(4)25-19/h9-10,12-14H,5-8,11H2,1-4H3,(H,24,29)/t13-/m0/s1. The van der Waals surface area contributed by atoms with Crippen molar-refractivity contribution >= 4 is 16.8 Å². The molecule has 0 saturated heterocycles. The first-order valence-corrected chi connectivity index (χ1v) is 10.1. The SMILES string of the molecule is CC(C)CN(C(=O)NC1CCCC1)[C@@H](C)c1nn(C)c(=O)c2cc(F)c(F)cc12. The van der Waals surface area contributed by atoms with Gasteiger partial charge in [-0.25, -0.2) is 18.3 Å². The predicted molar refractivity (Wildman–Crippen MR) is 108 cm³/mol. The van der Waals surface area contributed by atoms with Crippen LogP contribution in [0.4, 0.5) is 13.6 Å². The summed E-state index contributed by atoms with van der Waals surface area (Å²) in [5.74, 6) is -1.94. The first-order valence-electron chi connectivity index (χ1n) is 10.1. The van der Waals surface area contributed by atoms with Gasteiger partial charge in [0, 0.05) is 25.0 Å². The summed E-state index contributed by atoms with van der Waals surface area (Å²) in [5.41, 5.74) is -0.149. The van der Waals surface area contributed by atoms with Crippen molar-refractivity contribution in [2.45, 2.75) is 58.5 Å². The number of carbonyl (C=O) groups is 1. The van der Waals surface area contributed by atoms with Crippen LogP contribution in [0.5, 0.6) is 0 Å². The van der Waals surface area contributed by atoms with E-state index in [-0.39, 0.29) is 28.8 Å². The molecule has 0 aliphatic heterocycles. The Hall–Kier alpha value is -2.51. The molecular formula is C21H28F2N4O2. The fourth-order valence-electron chi connectivity index (χ4n) is 3.97. The van der Waals surface area contributed by atoms with E-state index in [0.717, 1.165) is 42.5 Å². The van der Waals surface area contributed by atoms with Crippen LogP contribution >= 0.6 is 0 Å². The van der Waals surface area contributed by atoms with Crippen LogP contribution < -0.4 is 10.9 Å². The number of nitrogens with zero attached hydrogens (tertiary/aromatic N) is 3. The lowest BCUT2D eigenvalue weighted by Gasteiger charge is -2.32. The van der Waals surface area contributed by atoms with Crippen molar-refractivity contribution < 1.29 is 13.6 Å². The van der Waals surface area contributed by atoms with Crippen molar-refractivity contribution in [2.24, 2.45) is 13.0 Å². The van der Waals surface area contributed by atoms with Crippen molar-refractivity contribution in [3.05, 3.63) is 39.8 Å². The van der Waals surface area contributed by atoms with Gasteiger partial charge in [0.05, 0.1) is 17.1 Å². The molecule has 158 valence electrons. The molecule has 2 amide bonds. The number of hydrogen-bond acceptors (Lipinski definition) is 3. The molecule has 1 aromatic heterocycles. The molecule has 1 aliphatic carbocycles. The number of benzene rings is 1. The average molecular weight is 406 g/mol. The molecule has 3 rings (SSSR count). The van der Waals surface area contributed by atoms with Gasteiger partial charge in [-0.2, -0.15) is 5.10 Å². The van der Waals surface area contributed by atoms with Crippen molar-refractivity contribution in [1.82, 2.24) is 20.0 Å². The van der Waals surface area contributed by atoms with Crippen LogP contribution in [-0.2, 0) is 7.05 Å². The largest absolute Gasteiger partial charge is 0.335 e. The summed E-state index contributed by atoms with van der Waals surface area (Å²) < 4.78 is 28.8. The second-order valence-electron chi connectivity index (χ2n) is 8.28. The number of halogens is 2. The summed E-state index contributed by atoms with van der Waals surface area (Å²) in [7, 11) is 1.46. The number of aryl methyl sites for hydroxylation is 1. The van der Waals surface area contributed by atoms with E-state index in [9.17, 15) is 18.4 Å². The Kier molecular flexibility index (Phi) is 6.19. The Bertz CT molecular complexity index is 967. The molecule has 1 N–H and O–H groups in total. The van der Waals surface area contributed by atoms with E-state index < -0.39 is 23.2 Å². The summed E-state index contributed by atoms with van der Waals surface area (Å²) in [4.78, 5) is 27.1. The highest BCUT2D eigenvalue weighted by molar-refractivity contribution is 5.85. The Morgan fingerprint density at radius 3 is 2.38 bits per heavy atom. The van der Waals surface area contributed by atoms with E-state index in [1.54, 1.807) is 11.8 Å². The van der Waals surface area contributed by atoms with Gasteiger partial charge in [-0.1, -0.05) is 26.7 Å². The molecule has 6 nitrogen and oxygen atoms in total. The number of fused-ring (bicyclic) bond motifs is 1. The zero-order valence-electron chi connectivity index (χ0n) is 17.3. The summed E-state index contributed by atoms with van der Waals surface area (Å²) in [5, 5.41) is 7.66. The third-order valence-electron chi connectivity index (χ3n) is 5.49. The molecule has 1 fully saturated rings. The number of rotatable bonds is 5. The number of nitrogens with one attached hydrogen (secondary N) is 1. The van der Waals surface area contributed by atoms with Gasteiger partial charge >= 0.3 is 6.03 Å². The van der Waals surface area contributed by atoms with Crippen LogP contribution in [-0.4, -0.2) is 33.3 Å². The molecule has 1 heterocycles. The molecule has 1 atom stereocenters. The monoisotopic (exact) mass is 406 g/mol. The van der Waals surface area contributed by atoms with E-state index >= 15 is 0 Å². The number of aromatic nitrogens is 2. The highest BCUT2D eigenvalue weighted by atomic mass is 19.2. The van der Waals surface area contributed by atoms with E-state index in [1.807, 2.05) is 13.8 Å². The number of hydrogen-bond donors (Lipinski definition) is 1. The zero-order chi connectivity index (χ0) is 21.3. The highest BCUT2D eigenvalue weighted by Crippen LogP contribution is 2.28. The minimum atomic E-state index is -1.09. The second-order valence-corrected chi connectivity index (χ2v) is 8.28. The predicted octanol–water partition coefficient (Wildman–Crippen LogP) is 3.88. The number of amides is 2. The van der Waals surface area contributed by atoms with Crippen molar-refractivity contribution in [1.29, 1.82) is 0 Å². The van der Waals surface area contributed by atoms with E-state index in [1.165, 1.54) is 7.05 Å². The maximum Gasteiger partial charge on any atom is 0.318 e. The minimum absolute atomic E-state index is 0.0453. The molecule has 0 unspecified atom stereocenters. The maximum atomic E-state index is 14.0. The molecular weight excluding hydrogens is 378 g/mol. The zero-order valence-corrected chi connectivity index (χ0v) is 17.3. The van der Waals surface area contributed by atoms with Gasteiger partial charge in [-0.05, 0) is 37.8 Å². The quantitative estimate of drug-likeness (QED) is 0.819. The fraction of sp³-hybridized carbons (Fsp3) is 0.571. The Labute approximate surface area is 168 Å². The smallest absolute Gasteiger partial charge is 0.318 e. The van der Waals surface area contributed by atoms with E-state index in [0.29, 0.717) is 12.2 Å². The highest BCUT2D eigenvalue weighted by Gasteiger charge is 2.28. The second kappa shape index (κ2) is 8.47. The Morgan fingerprint density at radius 1 is 1.21 bits per heavy atom. The van der Waals surface area contributed by atoms with Gasteiger partial charge in [0.25, 0.3) is 5.56 Å². The van der Waals surface area contributed by atoms with Crippen molar-refractivity contribution in [3.8, 4) is 0 Å². The van der Waals surface area contributed by atoms with E-state index in [4.69, 9.17) is 0 Å². The first kappa shape index (κ1) is 21.2. The van der Waals surface area contributed by atoms with Crippen molar-refractivity contribution in [3.63, 3.8) is 0 Å². The summed E-state index contributed by atoms with van der Waals surface area (Å²) >= 11 is 0. The maximum absolute atomic E-state index is 14.0. The molecule has 0 radical (unpaired) electrons. The fourth-order valence-corrected chi connectivity index (χ4v) is 3.97. The van der Waals surface area contributed by atoms with Crippen molar-refractivity contribution in [2.75, 3.05) is 6.54 Å². The van der Waals surface area contributed by atoms with Crippen LogP contribution in [0.15, 0.2) is 16.9 Å². The number of carbonyl (C=O) groups excluding carboxylic acids is 1. The lowest BCUT2D eigenvalue weighted by atomic mass is 10.0. The van der Waals surface area contributed by atoms with Crippen LogP contribution in [0.2, 0.25) is 0 Å². The third-order valence-corrected chi connectivity index (χ3v) is 5.49. The number of urea groups is 1. The van der Waals surface area contributed by atoms with Crippen LogP contribution in [0.25, 0.3) is 10.8 Å². The van der Waals surface area contributed by atoms with Gasteiger partial charge in [0.1, 0.15) is 0 Å². The molecule has 2 aromatic rings. The molecule has 0 bridgehead atoms. The molecule has 1 aromatic carbocycles. The third kappa shape index (κ3) is 4.41. The first-order chi connectivity index (χ1) is 13.7.